The molecule has 0 aromatic carbocycles. The standard InChI is InChI=1S/C20H42N4O2S/c1-19(2)23-9-5-7-21(11-13-23)15-17-27(25,26)18-16-22-8-6-10-24(14-12-22)20(3)4/h19-20H,5-18H2,1-4H3. The first-order valence-electron chi connectivity index (χ1n) is 10.9. The van der Waals surface area contributed by atoms with Crippen LogP contribution in [0.25, 0.3) is 0 Å². The van der Waals surface area contributed by atoms with Crippen LogP contribution >= 0.6 is 0 Å². The van der Waals surface area contributed by atoms with Crippen molar-refractivity contribution in [2.75, 3.05) is 77.0 Å². The molecule has 0 radical (unpaired) electrons. The number of rotatable bonds is 8. The van der Waals surface area contributed by atoms with Crippen molar-refractivity contribution >= 4 is 9.84 Å². The maximum atomic E-state index is 12.6. The van der Waals surface area contributed by atoms with Gasteiger partial charge < -0.3 is 9.80 Å². The van der Waals surface area contributed by atoms with Crippen LogP contribution in [0, 0.1) is 0 Å². The highest BCUT2D eigenvalue weighted by Gasteiger charge is 2.21. The van der Waals surface area contributed by atoms with Crippen molar-refractivity contribution in [1.82, 2.24) is 19.6 Å². The molecule has 0 aromatic heterocycles. The Morgan fingerprint density at radius 1 is 0.630 bits per heavy atom. The second kappa shape index (κ2) is 11.1. The third-order valence-electron chi connectivity index (χ3n) is 6.14. The Kier molecular flexibility index (Phi) is 9.48. The van der Waals surface area contributed by atoms with Gasteiger partial charge in [0.25, 0.3) is 0 Å². The Morgan fingerprint density at radius 2 is 1.04 bits per heavy atom. The van der Waals surface area contributed by atoms with Crippen molar-refractivity contribution in [2.24, 2.45) is 0 Å². The first kappa shape index (κ1) is 23.1. The lowest BCUT2D eigenvalue weighted by molar-refractivity contribution is 0.222. The molecule has 2 aliphatic rings. The summed E-state index contributed by atoms with van der Waals surface area (Å²) >= 11 is 0. The van der Waals surface area contributed by atoms with Gasteiger partial charge in [0.1, 0.15) is 0 Å². The molecule has 27 heavy (non-hydrogen) atoms. The lowest BCUT2D eigenvalue weighted by Crippen LogP contribution is -2.38. The Morgan fingerprint density at radius 3 is 1.41 bits per heavy atom. The summed E-state index contributed by atoms with van der Waals surface area (Å²) in [5.41, 5.74) is 0. The molecule has 6 nitrogen and oxygen atoms in total. The van der Waals surface area contributed by atoms with E-state index in [0.29, 0.717) is 36.7 Å². The number of nitrogens with zero attached hydrogens (tertiary/aromatic N) is 4. The van der Waals surface area contributed by atoms with E-state index >= 15 is 0 Å². The second-order valence-electron chi connectivity index (χ2n) is 8.80. The Balaban J connectivity index is 1.70. The van der Waals surface area contributed by atoms with Crippen LogP contribution in [-0.4, -0.2) is 117 Å². The summed E-state index contributed by atoms with van der Waals surface area (Å²) in [5.74, 6) is 0.612. The van der Waals surface area contributed by atoms with Crippen LogP contribution in [0.1, 0.15) is 40.5 Å². The minimum Gasteiger partial charge on any atom is -0.301 e. The average Bonchev–Trinajstić information content (AvgIpc) is 2.99. The summed E-state index contributed by atoms with van der Waals surface area (Å²) in [5, 5.41) is 0. The molecule has 2 fully saturated rings. The molecular weight excluding hydrogens is 360 g/mol. The SMILES string of the molecule is CC(C)N1CCCN(CCS(=O)(=O)CCN2CCCN(C(C)C)CC2)CC1. The highest BCUT2D eigenvalue weighted by atomic mass is 32.2. The molecule has 0 bridgehead atoms. The minimum atomic E-state index is -2.97. The van der Waals surface area contributed by atoms with E-state index in [1.54, 1.807) is 0 Å². The summed E-state index contributed by atoms with van der Waals surface area (Å²) in [6, 6.07) is 1.16. The van der Waals surface area contributed by atoms with Gasteiger partial charge in [0.15, 0.2) is 9.84 Å². The van der Waals surface area contributed by atoms with Crippen LogP contribution in [0.3, 0.4) is 0 Å². The van der Waals surface area contributed by atoms with E-state index < -0.39 is 9.84 Å². The zero-order chi connectivity index (χ0) is 19.9. The predicted octanol–water partition coefficient (Wildman–Crippen LogP) is 1.23. The van der Waals surface area contributed by atoms with E-state index in [1.807, 2.05) is 0 Å². The van der Waals surface area contributed by atoms with E-state index in [2.05, 4.69) is 47.3 Å². The van der Waals surface area contributed by atoms with Crippen molar-refractivity contribution in [1.29, 1.82) is 0 Å². The van der Waals surface area contributed by atoms with Crippen LogP contribution in [-0.2, 0) is 9.84 Å². The molecule has 0 amide bonds. The van der Waals surface area contributed by atoms with Gasteiger partial charge in [0, 0.05) is 51.4 Å². The molecule has 7 heteroatoms. The van der Waals surface area contributed by atoms with Crippen molar-refractivity contribution in [3.05, 3.63) is 0 Å². The smallest absolute Gasteiger partial charge is 0.152 e. The summed E-state index contributed by atoms with van der Waals surface area (Å²) in [4.78, 5) is 9.67. The maximum Gasteiger partial charge on any atom is 0.152 e. The topological polar surface area (TPSA) is 47.1 Å². The van der Waals surface area contributed by atoms with E-state index in [4.69, 9.17) is 0 Å². The quantitative estimate of drug-likeness (QED) is 0.609. The zero-order valence-electron chi connectivity index (χ0n) is 18.1. The third-order valence-corrected chi connectivity index (χ3v) is 7.75. The number of hydrogen-bond acceptors (Lipinski definition) is 6. The maximum absolute atomic E-state index is 12.6. The van der Waals surface area contributed by atoms with E-state index in [9.17, 15) is 8.42 Å². The van der Waals surface area contributed by atoms with Gasteiger partial charge in [-0.05, 0) is 66.7 Å². The average molecular weight is 403 g/mol. The Labute approximate surface area is 167 Å². The molecular formula is C20H42N4O2S. The molecule has 0 aromatic rings. The molecule has 0 aliphatic carbocycles. The largest absolute Gasteiger partial charge is 0.301 e. The highest BCUT2D eigenvalue weighted by molar-refractivity contribution is 7.91. The number of hydrogen-bond donors (Lipinski definition) is 0. The molecule has 2 aliphatic heterocycles. The first-order chi connectivity index (χ1) is 12.8. The van der Waals surface area contributed by atoms with Gasteiger partial charge in [0.05, 0.1) is 11.5 Å². The van der Waals surface area contributed by atoms with Gasteiger partial charge in [-0.25, -0.2) is 8.42 Å². The summed E-state index contributed by atoms with van der Waals surface area (Å²) in [7, 11) is -2.97. The summed E-state index contributed by atoms with van der Waals surface area (Å²) < 4.78 is 25.1. The van der Waals surface area contributed by atoms with Crippen LogP contribution in [0.4, 0.5) is 0 Å². The monoisotopic (exact) mass is 402 g/mol. The van der Waals surface area contributed by atoms with Crippen LogP contribution < -0.4 is 0 Å². The van der Waals surface area contributed by atoms with Gasteiger partial charge in [0.2, 0.25) is 0 Å². The first-order valence-corrected chi connectivity index (χ1v) is 12.7. The fourth-order valence-corrected chi connectivity index (χ4v) is 5.38. The Bertz CT molecular complexity index is 484. The third kappa shape index (κ3) is 8.36. The highest BCUT2D eigenvalue weighted by Crippen LogP contribution is 2.09. The molecule has 160 valence electrons. The van der Waals surface area contributed by atoms with Crippen LogP contribution in [0.5, 0.6) is 0 Å². The van der Waals surface area contributed by atoms with Crippen molar-refractivity contribution in [2.45, 2.75) is 52.6 Å². The van der Waals surface area contributed by atoms with Crippen LogP contribution in [0.2, 0.25) is 0 Å². The molecule has 0 atom stereocenters. The summed E-state index contributed by atoms with van der Waals surface area (Å²) in [6.45, 7) is 18.7. The van der Waals surface area contributed by atoms with Gasteiger partial charge in [-0.1, -0.05) is 0 Å². The zero-order valence-corrected chi connectivity index (χ0v) is 18.9. The van der Waals surface area contributed by atoms with Gasteiger partial charge >= 0.3 is 0 Å². The van der Waals surface area contributed by atoms with Crippen molar-refractivity contribution < 1.29 is 8.42 Å². The molecule has 0 unspecified atom stereocenters. The lowest BCUT2D eigenvalue weighted by Gasteiger charge is -2.25. The van der Waals surface area contributed by atoms with Crippen molar-refractivity contribution in [3.8, 4) is 0 Å². The van der Waals surface area contributed by atoms with Gasteiger partial charge in [-0.15, -0.1) is 0 Å². The fourth-order valence-electron chi connectivity index (χ4n) is 4.10. The van der Waals surface area contributed by atoms with Gasteiger partial charge in [-0.3, -0.25) is 9.80 Å². The predicted molar refractivity (Wildman–Crippen MR) is 114 cm³/mol. The molecule has 2 saturated heterocycles. The fraction of sp³-hybridized carbons (Fsp3) is 1.00. The van der Waals surface area contributed by atoms with Crippen molar-refractivity contribution in [3.63, 3.8) is 0 Å². The summed E-state index contributed by atoms with van der Waals surface area (Å²) in [6.07, 6.45) is 2.27. The molecule has 0 N–H and O–H groups in total. The van der Waals surface area contributed by atoms with E-state index in [0.717, 1.165) is 65.2 Å². The minimum absolute atomic E-state index is 0.306. The van der Waals surface area contributed by atoms with Crippen LogP contribution in [0.15, 0.2) is 0 Å². The normalized spacial score (nSPS) is 23.0. The second-order valence-corrected chi connectivity index (χ2v) is 11.1. The Hall–Kier alpha value is -0.210. The molecule has 2 heterocycles. The lowest BCUT2D eigenvalue weighted by atomic mass is 10.3. The van der Waals surface area contributed by atoms with E-state index in [1.165, 1.54) is 0 Å². The molecule has 0 saturated carbocycles. The van der Waals surface area contributed by atoms with E-state index in [-0.39, 0.29) is 0 Å². The van der Waals surface area contributed by atoms with Gasteiger partial charge in [-0.2, -0.15) is 0 Å². The molecule has 0 spiro atoms. The number of sulfone groups is 1. The molecule has 2 rings (SSSR count).